The smallest absolute Gasteiger partial charge is 0.356 e. The Kier molecular flexibility index (Phi) is 4.12. The minimum Gasteiger partial charge on any atom is -0.476 e. The third-order valence-electron chi connectivity index (χ3n) is 4.25. The molecule has 0 amide bonds. The van der Waals surface area contributed by atoms with Crippen molar-refractivity contribution in [3.63, 3.8) is 0 Å². The molecular formula is C16H16F2N2O3. The molecule has 0 bridgehead atoms. The average molecular weight is 322 g/mol. The standard InChI is InChI=1S/C16H16F2N2O3/c17-10-5-3-4-9(13(10)18)15-14(16(22)23)19-8-20(15)11-6-1-2-7-12(11)21/h3-5,8,11-12,21H,1-2,6-7H2,(H,22,23)/t11-,12-/m0/s1. The fourth-order valence-electron chi connectivity index (χ4n) is 3.14. The molecule has 1 aliphatic rings. The fourth-order valence-corrected chi connectivity index (χ4v) is 3.14. The van der Waals surface area contributed by atoms with Gasteiger partial charge in [-0.3, -0.25) is 0 Å². The maximum atomic E-state index is 14.2. The van der Waals surface area contributed by atoms with Gasteiger partial charge in [0.25, 0.3) is 0 Å². The molecule has 1 fully saturated rings. The minimum absolute atomic E-state index is 0.0135. The van der Waals surface area contributed by atoms with E-state index in [4.69, 9.17) is 0 Å². The second-order valence-electron chi connectivity index (χ2n) is 5.67. The van der Waals surface area contributed by atoms with Crippen LogP contribution in [0.4, 0.5) is 8.78 Å². The second kappa shape index (κ2) is 6.08. The van der Waals surface area contributed by atoms with Gasteiger partial charge < -0.3 is 14.8 Å². The lowest BCUT2D eigenvalue weighted by Crippen LogP contribution is -2.28. The van der Waals surface area contributed by atoms with E-state index in [2.05, 4.69) is 4.98 Å². The number of hydrogen-bond donors (Lipinski definition) is 2. The maximum Gasteiger partial charge on any atom is 0.356 e. The first-order valence-corrected chi connectivity index (χ1v) is 7.43. The number of halogens is 2. The molecule has 1 aromatic heterocycles. The molecule has 2 N–H and O–H groups in total. The third-order valence-corrected chi connectivity index (χ3v) is 4.25. The van der Waals surface area contributed by atoms with Gasteiger partial charge in [0.15, 0.2) is 17.3 Å². The molecule has 1 aliphatic carbocycles. The van der Waals surface area contributed by atoms with Gasteiger partial charge in [0.2, 0.25) is 0 Å². The number of aromatic carboxylic acids is 1. The van der Waals surface area contributed by atoms with Crippen molar-refractivity contribution in [3.05, 3.63) is 41.9 Å². The lowest BCUT2D eigenvalue weighted by atomic mass is 9.92. The van der Waals surface area contributed by atoms with Gasteiger partial charge in [-0.15, -0.1) is 0 Å². The van der Waals surface area contributed by atoms with E-state index in [1.165, 1.54) is 23.0 Å². The fraction of sp³-hybridized carbons (Fsp3) is 0.375. The number of imidazole rings is 1. The van der Waals surface area contributed by atoms with Crippen LogP contribution in [0.2, 0.25) is 0 Å². The van der Waals surface area contributed by atoms with E-state index in [0.717, 1.165) is 18.9 Å². The summed E-state index contributed by atoms with van der Waals surface area (Å²) < 4.78 is 29.2. The molecule has 2 atom stereocenters. The van der Waals surface area contributed by atoms with Crippen LogP contribution in [0.5, 0.6) is 0 Å². The summed E-state index contributed by atoms with van der Waals surface area (Å²) >= 11 is 0. The largest absolute Gasteiger partial charge is 0.476 e. The quantitative estimate of drug-likeness (QED) is 0.911. The van der Waals surface area contributed by atoms with Crippen LogP contribution in [0.25, 0.3) is 11.3 Å². The highest BCUT2D eigenvalue weighted by molar-refractivity contribution is 5.93. The first-order chi connectivity index (χ1) is 11.0. The Hall–Kier alpha value is -2.28. The first kappa shape index (κ1) is 15.6. The van der Waals surface area contributed by atoms with Crippen LogP contribution < -0.4 is 0 Å². The normalized spacial score (nSPS) is 21.3. The second-order valence-corrected chi connectivity index (χ2v) is 5.67. The summed E-state index contributed by atoms with van der Waals surface area (Å²) in [5.41, 5.74) is -0.537. The summed E-state index contributed by atoms with van der Waals surface area (Å²) in [5.74, 6) is -3.51. The lowest BCUT2D eigenvalue weighted by molar-refractivity contribution is 0.0687. The Morgan fingerprint density at radius 2 is 2.00 bits per heavy atom. The molecule has 3 rings (SSSR count). The number of benzene rings is 1. The number of carboxylic acids is 1. The third kappa shape index (κ3) is 2.72. The molecule has 0 radical (unpaired) electrons. The number of rotatable bonds is 3. The highest BCUT2D eigenvalue weighted by Crippen LogP contribution is 2.35. The first-order valence-electron chi connectivity index (χ1n) is 7.43. The minimum atomic E-state index is -1.33. The monoisotopic (exact) mass is 322 g/mol. The van der Waals surface area contributed by atoms with E-state index in [1.54, 1.807) is 0 Å². The SMILES string of the molecule is O=C(O)c1ncn([C@H]2CCCC[C@@H]2O)c1-c1cccc(F)c1F. The molecule has 0 spiro atoms. The Bertz CT molecular complexity index is 745. The van der Waals surface area contributed by atoms with Crippen molar-refractivity contribution in [2.24, 2.45) is 0 Å². The van der Waals surface area contributed by atoms with Crippen LogP contribution >= 0.6 is 0 Å². The Morgan fingerprint density at radius 1 is 1.26 bits per heavy atom. The summed E-state index contributed by atoms with van der Waals surface area (Å²) in [6, 6.07) is 3.19. The number of aromatic nitrogens is 2. The van der Waals surface area contributed by atoms with Crippen LogP contribution in [0.15, 0.2) is 24.5 Å². The number of aliphatic hydroxyl groups excluding tert-OH is 1. The maximum absolute atomic E-state index is 14.2. The number of carboxylic acid groups (broad SMARTS) is 1. The van der Waals surface area contributed by atoms with Crippen LogP contribution in [0.1, 0.15) is 42.2 Å². The number of aliphatic hydroxyl groups is 1. The molecule has 122 valence electrons. The van der Waals surface area contributed by atoms with Crippen molar-refractivity contribution in [3.8, 4) is 11.3 Å². The van der Waals surface area contributed by atoms with E-state index in [1.807, 2.05) is 0 Å². The summed E-state index contributed by atoms with van der Waals surface area (Å²) in [7, 11) is 0. The van der Waals surface area contributed by atoms with Gasteiger partial charge in [0.05, 0.1) is 24.2 Å². The van der Waals surface area contributed by atoms with Crippen molar-refractivity contribution < 1.29 is 23.8 Å². The number of nitrogens with zero attached hydrogens (tertiary/aromatic N) is 2. The van der Waals surface area contributed by atoms with Gasteiger partial charge in [-0.05, 0) is 25.0 Å². The summed E-state index contributed by atoms with van der Waals surface area (Å²) in [5, 5.41) is 19.5. The van der Waals surface area contributed by atoms with Gasteiger partial charge in [0, 0.05) is 5.56 Å². The van der Waals surface area contributed by atoms with Crippen molar-refractivity contribution in [2.75, 3.05) is 0 Å². The van der Waals surface area contributed by atoms with Crippen molar-refractivity contribution in [1.82, 2.24) is 9.55 Å². The average Bonchev–Trinajstić information content (AvgIpc) is 2.95. The van der Waals surface area contributed by atoms with E-state index >= 15 is 0 Å². The molecule has 1 heterocycles. The van der Waals surface area contributed by atoms with E-state index in [-0.39, 0.29) is 17.0 Å². The molecular weight excluding hydrogens is 306 g/mol. The Balaban J connectivity index is 2.19. The van der Waals surface area contributed by atoms with Crippen LogP contribution in [0, 0.1) is 11.6 Å². The van der Waals surface area contributed by atoms with Crippen LogP contribution in [0.3, 0.4) is 0 Å². The van der Waals surface area contributed by atoms with Gasteiger partial charge in [-0.2, -0.15) is 0 Å². The van der Waals surface area contributed by atoms with Crippen LogP contribution in [-0.4, -0.2) is 31.8 Å². The van der Waals surface area contributed by atoms with Gasteiger partial charge in [-0.1, -0.05) is 18.9 Å². The molecule has 1 aromatic carbocycles. The van der Waals surface area contributed by atoms with E-state index < -0.39 is 29.7 Å². The summed E-state index contributed by atoms with van der Waals surface area (Å²) in [6.45, 7) is 0. The predicted molar refractivity (Wildman–Crippen MR) is 78.1 cm³/mol. The molecule has 0 aliphatic heterocycles. The summed E-state index contributed by atoms with van der Waals surface area (Å²) in [4.78, 5) is 15.3. The van der Waals surface area contributed by atoms with Crippen LogP contribution in [-0.2, 0) is 0 Å². The van der Waals surface area contributed by atoms with E-state index in [0.29, 0.717) is 12.8 Å². The predicted octanol–water partition coefficient (Wildman–Crippen LogP) is 3.00. The molecule has 7 heteroatoms. The topological polar surface area (TPSA) is 75.3 Å². The molecule has 1 saturated carbocycles. The van der Waals surface area contributed by atoms with Gasteiger partial charge in [-0.25, -0.2) is 18.6 Å². The van der Waals surface area contributed by atoms with Gasteiger partial charge in [0.1, 0.15) is 0 Å². The summed E-state index contributed by atoms with van der Waals surface area (Å²) in [6.07, 6.45) is 3.56. The molecule has 23 heavy (non-hydrogen) atoms. The van der Waals surface area contributed by atoms with Gasteiger partial charge >= 0.3 is 5.97 Å². The molecule has 0 saturated heterocycles. The lowest BCUT2D eigenvalue weighted by Gasteiger charge is -2.30. The molecule has 0 unspecified atom stereocenters. The zero-order valence-corrected chi connectivity index (χ0v) is 12.2. The van der Waals surface area contributed by atoms with E-state index in [9.17, 15) is 23.8 Å². The zero-order chi connectivity index (χ0) is 16.6. The molecule has 5 nitrogen and oxygen atoms in total. The zero-order valence-electron chi connectivity index (χ0n) is 12.2. The Morgan fingerprint density at radius 3 is 2.70 bits per heavy atom. The number of hydrogen-bond acceptors (Lipinski definition) is 3. The van der Waals surface area contributed by atoms with Crippen molar-refractivity contribution in [1.29, 1.82) is 0 Å². The Labute approximate surface area is 131 Å². The number of carbonyl (C=O) groups is 1. The highest BCUT2D eigenvalue weighted by Gasteiger charge is 2.30. The van der Waals surface area contributed by atoms with Crippen molar-refractivity contribution in [2.45, 2.75) is 37.8 Å². The molecule has 2 aromatic rings. The highest BCUT2D eigenvalue weighted by atomic mass is 19.2. The van der Waals surface area contributed by atoms with Crippen molar-refractivity contribution >= 4 is 5.97 Å².